The lowest BCUT2D eigenvalue weighted by molar-refractivity contribution is 0.408. The van der Waals surface area contributed by atoms with Gasteiger partial charge in [0, 0.05) is 17.1 Å². The van der Waals surface area contributed by atoms with Crippen molar-refractivity contribution in [1.82, 2.24) is 4.31 Å². The number of rotatable bonds is 2. The van der Waals surface area contributed by atoms with Gasteiger partial charge in [-0.25, -0.2) is 8.42 Å². The highest BCUT2D eigenvalue weighted by Gasteiger charge is 2.33. The van der Waals surface area contributed by atoms with E-state index in [4.69, 9.17) is 5.73 Å². The van der Waals surface area contributed by atoms with Gasteiger partial charge in [0.1, 0.15) is 4.90 Å². The van der Waals surface area contributed by atoms with Crippen molar-refractivity contribution in [3.8, 4) is 0 Å². The SMILES string of the molecule is CC1CCCN1S(=O)(=O)c1ccc(Br)cc1N. The minimum absolute atomic E-state index is 0.0584. The molecule has 2 N–H and O–H groups in total. The van der Waals surface area contributed by atoms with Gasteiger partial charge in [0.15, 0.2) is 0 Å². The van der Waals surface area contributed by atoms with Crippen molar-refractivity contribution in [2.45, 2.75) is 30.7 Å². The molecule has 0 bridgehead atoms. The third-order valence-corrected chi connectivity index (χ3v) is 5.63. The lowest BCUT2D eigenvalue weighted by atomic mass is 10.3. The number of benzene rings is 1. The number of sulfonamides is 1. The van der Waals surface area contributed by atoms with E-state index in [1.807, 2.05) is 6.92 Å². The van der Waals surface area contributed by atoms with Crippen LogP contribution in [0, 0.1) is 0 Å². The lowest BCUT2D eigenvalue weighted by Gasteiger charge is -2.21. The Labute approximate surface area is 110 Å². The van der Waals surface area contributed by atoms with Gasteiger partial charge in [-0.1, -0.05) is 15.9 Å². The van der Waals surface area contributed by atoms with Crippen molar-refractivity contribution in [1.29, 1.82) is 0 Å². The molecule has 17 heavy (non-hydrogen) atoms. The fourth-order valence-corrected chi connectivity index (χ4v) is 4.32. The number of hydrogen-bond donors (Lipinski definition) is 1. The van der Waals surface area contributed by atoms with Crippen LogP contribution in [-0.4, -0.2) is 25.3 Å². The Hall–Kier alpha value is -0.590. The Morgan fingerprint density at radius 1 is 1.47 bits per heavy atom. The van der Waals surface area contributed by atoms with Crippen LogP contribution >= 0.6 is 15.9 Å². The molecule has 0 amide bonds. The third kappa shape index (κ3) is 2.34. The van der Waals surface area contributed by atoms with E-state index in [1.54, 1.807) is 18.2 Å². The predicted octanol–water partition coefficient (Wildman–Crippen LogP) is 2.20. The van der Waals surface area contributed by atoms with Crippen molar-refractivity contribution >= 4 is 31.6 Å². The second-order valence-corrected chi connectivity index (χ2v) is 7.06. The van der Waals surface area contributed by atoms with Crippen LogP contribution in [-0.2, 0) is 10.0 Å². The Kier molecular flexibility index (Phi) is 3.47. The van der Waals surface area contributed by atoms with Gasteiger partial charge in [-0.05, 0) is 38.0 Å². The van der Waals surface area contributed by atoms with Crippen LogP contribution in [0.15, 0.2) is 27.6 Å². The van der Waals surface area contributed by atoms with E-state index in [0.717, 1.165) is 17.3 Å². The van der Waals surface area contributed by atoms with E-state index in [-0.39, 0.29) is 10.9 Å². The Morgan fingerprint density at radius 3 is 2.71 bits per heavy atom. The van der Waals surface area contributed by atoms with Gasteiger partial charge in [0.25, 0.3) is 0 Å². The van der Waals surface area contributed by atoms with Gasteiger partial charge in [-0.15, -0.1) is 0 Å². The molecule has 1 aliphatic heterocycles. The Morgan fingerprint density at radius 2 is 2.18 bits per heavy atom. The Balaban J connectivity index is 2.44. The van der Waals surface area contributed by atoms with E-state index in [1.165, 1.54) is 4.31 Å². The standard InChI is InChI=1S/C11H15BrN2O2S/c1-8-3-2-6-14(8)17(15,16)11-5-4-9(12)7-10(11)13/h4-5,7-8H,2-3,6,13H2,1H3. The molecule has 6 heteroatoms. The normalized spacial score (nSPS) is 21.9. The summed E-state index contributed by atoms with van der Waals surface area (Å²) < 4.78 is 27.1. The second kappa shape index (κ2) is 4.59. The number of nitrogen functional groups attached to an aromatic ring is 1. The van der Waals surface area contributed by atoms with E-state index in [2.05, 4.69) is 15.9 Å². The van der Waals surface area contributed by atoms with Crippen LogP contribution < -0.4 is 5.73 Å². The third-order valence-electron chi connectivity index (χ3n) is 3.05. The van der Waals surface area contributed by atoms with Gasteiger partial charge in [0.2, 0.25) is 10.0 Å². The van der Waals surface area contributed by atoms with Crippen molar-refractivity contribution in [3.63, 3.8) is 0 Å². The first kappa shape index (κ1) is 12.9. The highest BCUT2D eigenvalue weighted by atomic mass is 79.9. The molecular weight excluding hydrogens is 304 g/mol. The summed E-state index contributed by atoms with van der Waals surface area (Å²) in [5.41, 5.74) is 6.07. The number of anilines is 1. The predicted molar refractivity (Wildman–Crippen MR) is 71.1 cm³/mol. The minimum atomic E-state index is -3.45. The topological polar surface area (TPSA) is 63.4 Å². The number of nitrogens with zero attached hydrogens (tertiary/aromatic N) is 1. The van der Waals surface area contributed by atoms with Crippen LogP contribution in [0.2, 0.25) is 0 Å². The molecule has 1 unspecified atom stereocenters. The largest absolute Gasteiger partial charge is 0.398 e. The molecule has 1 heterocycles. The minimum Gasteiger partial charge on any atom is -0.398 e. The summed E-state index contributed by atoms with van der Waals surface area (Å²) in [6.45, 7) is 2.51. The molecule has 1 aromatic rings. The second-order valence-electron chi connectivity index (χ2n) is 4.29. The molecule has 94 valence electrons. The van der Waals surface area contributed by atoms with Crippen molar-refractivity contribution in [2.75, 3.05) is 12.3 Å². The molecule has 0 spiro atoms. The number of hydrogen-bond acceptors (Lipinski definition) is 3. The first-order chi connectivity index (χ1) is 7.93. The van der Waals surface area contributed by atoms with Crippen LogP contribution in [0.3, 0.4) is 0 Å². The summed E-state index contributed by atoms with van der Waals surface area (Å²) >= 11 is 3.27. The monoisotopic (exact) mass is 318 g/mol. The van der Waals surface area contributed by atoms with Crippen LogP contribution in [0.25, 0.3) is 0 Å². The van der Waals surface area contributed by atoms with Crippen molar-refractivity contribution in [2.24, 2.45) is 0 Å². The van der Waals surface area contributed by atoms with Crippen molar-refractivity contribution in [3.05, 3.63) is 22.7 Å². The molecule has 1 saturated heterocycles. The van der Waals surface area contributed by atoms with Gasteiger partial charge in [-0.3, -0.25) is 0 Å². The molecule has 0 saturated carbocycles. The average Bonchev–Trinajstić information content (AvgIpc) is 2.64. The summed E-state index contributed by atoms with van der Waals surface area (Å²) in [5, 5.41) is 0. The van der Waals surface area contributed by atoms with Gasteiger partial charge < -0.3 is 5.73 Å². The van der Waals surface area contributed by atoms with Crippen molar-refractivity contribution < 1.29 is 8.42 Å². The Bertz CT molecular complexity index is 530. The summed E-state index contributed by atoms with van der Waals surface area (Å²) in [4.78, 5) is 0.203. The number of halogens is 1. The van der Waals surface area contributed by atoms with Crippen LogP contribution in [0.4, 0.5) is 5.69 Å². The van der Waals surface area contributed by atoms with Gasteiger partial charge in [0.05, 0.1) is 5.69 Å². The fraction of sp³-hybridized carbons (Fsp3) is 0.455. The summed E-state index contributed by atoms with van der Waals surface area (Å²) in [6.07, 6.45) is 1.83. The summed E-state index contributed by atoms with van der Waals surface area (Å²) in [6, 6.07) is 4.93. The summed E-state index contributed by atoms with van der Waals surface area (Å²) in [7, 11) is -3.45. The zero-order chi connectivity index (χ0) is 12.6. The zero-order valence-corrected chi connectivity index (χ0v) is 12.0. The maximum Gasteiger partial charge on any atom is 0.245 e. The van der Waals surface area contributed by atoms with Crippen LogP contribution in [0.1, 0.15) is 19.8 Å². The first-order valence-electron chi connectivity index (χ1n) is 5.50. The average molecular weight is 319 g/mol. The zero-order valence-electron chi connectivity index (χ0n) is 9.56. The molecule has 2 rings (SSSR count). The first-order valence-corrected chi connectivity index (χ1v) is 7.73. The molecular formula is C11H15BrN2O2S. The molecule has 1 fully saturated rings. The maximum absolute atomic E-state index is 12.4. The number of nitrogens with two attached hydrogens (primary N) is 1. The van der Waals surface area contributed by atoms with E-state index >= 15 is 0 Å². The molecule has 1 atom stereocenters. The van der Waals surface area contributed by atoms with Crippen LogP contribution in [0.5, 0.6) is 0 Å². The molecule has 0 aromatic heterocycles. The highest BCUT2D eigenvalue weighted by molar-refractivity contribution is 9.10. The smallest absolute Gasteiger partial charge is 0.245 e. The van der Waals surface area contributed by atoms with E-state index < -0.39 is 10.0 Å². The highest BCUT2D eigenvalue weighted by Crippen LogP contribution is 2.30. The molecule has 4 nitrogen and oxygen atoms in total. The van der Waals surface area contributed by atoms with E-state index in [9.17, 15) is 8.42 Å². The molecule has 0 aliphatic carbocycles. The lowest BCUT2D eigenvalue weighted by Crippen LogP contribution is -2.34. The van der Waals surface area contributed by atoms with E-state index in [0.29, 0.717) is 12.2 Å². The van der Waals surface area contributed by atoms with Gasteiger partial charge >= 0.3 is 0 Å². The maximum atomic E-state index is 12.4. The molecule has 1 aliphatic rings. The quantitative estimate of drug-likeness (QED) is 0.850. The molecule has 1 aromatic carbocycles. The van der Waals surface area contributed by atoms with Gasteiger partial charge in [-0.2, -0.15) is 4.31 Å². The fourth-order valence-electron chi connectivity index (χ4n) is 2.14. The molecule has 0 radical (unpaired) electrons. The summed E-state index contributed by atoms with van der Waals surface area (Å²) in [5.74, 6) is 0.